The number of anilines is 2. The Labute approximate surface area is 123 Å². The molecule has 1 aliphatic rings. The van der Waals surface area contributed by atoms with E-state index in [1.165, 1.54) is 0 Å². The zero-order chi connectivity index (χ0) is 14.5. The summed E-state index contributed by atoms with van der Waals surface area (Å²) in [5.41, 5.74) is 9.04. The molecule has 2 heterocycles. The molecule has 4 nitrogen and oxygen atoms in total. The fourth-order valence-corrected chi connectivity index (χ4v) is 3.86. The summed E-state index contributed by atoms with van der Waals surface area (Å²) >= 11 is 1.69. The fraction of sp³-hybridized carbons (Fsp3) is 0.533. The van der Waals surface area contributed by atoms with Crippen LogP contribution in [-0.4, -0.2) is 29.8 Å². The number of nitrogens with two attached hydrogens (primary N) is 1. The third kappa shape index (κ3) is 2.47. The number of nitrogens with zero attached hydrogens (tertiary/aromatic N) is 2. The summed E-state index contributed by atoms with van der Waals surface area (Å²) in [6.45, 7) is 10.1. The molecule has 108 valence electrons. The predicted molar refractivity (Wildman–Crippen MR) is 85.6 cm³/mol. The smallest absolute Gasteiger partial charge is 0.0907 e. The van der Waals surface area contributed by atoms with Crippen molar-refractivity contribution in [3.05, 3.63) is 17.1 Å². The quantitative estimate of drug-likeness (QED) is 0.820. The lowest BCUT2D eigenvalue weighted by Crippen LogP contribution is -2.52. The van der Waals surface area contributed by atoms with Gasteiger partial charge in [-0.25, -0.2) is 4.98 Å². The number of morpholine rings is 1. The summed E-state index contributed by atoms with van der Waals surface area (Å²) in [7, 11) is 0. The molecule has 0 radical (unpaired) electrons. The molecule has 1 unspecified atom stereocenters. The minimum Gasteiger partial charge on any atom is -0.397 e. The summed E-state index contributed by atoms with van der Waals surface area (Å²) < 4.78 is 7.12. The van der Waals surface area contributed by atoms with Crippen LogP contribution in [0.5, 0.6) is 0 Å². The molecule has 0 saturated carbocycles. The van der Waals surface area contributed by atoms with Crippen LogP contribution in [0.3, 0.4) is 0 Å². The highest BCUT2D eigenvalue weighted by Crippen LogP contribution is 2.34. The number of aryl methyl sites for hydroxylation is 1. The van der Waals surface area contributed by atoms with Crippen molar-refractivity contribution in [2.24, 2.45) is 0 Å². The van der Waals surface area contributed by atoms with E-state index in [-0.39, 0.29) is 11.7 Å². The van der Waals surface area contributed by atoms with Gasteiger partial charge in [0, 0.05) is 13.1 Å². The summed E-state index contributed by atoms with van der Waals surface area (Å²) in [4.78, 5) is 6.89. The molecule has 1 saturated heterocycles. The zero-order valence-corrected chi connectivity index (χ0v) is 13.3. The van der Waals surface area contributed by atoms with E-state index in [1.54, 1.807) is 11.3 Å². The van der Waals surface area contributed by atoms with Gasteiger partial charge in [-0.3, -0.25) is 0 Å². The van der Waals surface area contributed by atoms with Gasteiger partial charge in [-0.05, 0) is 39.8 Å². The van der Waals surface area contributed by atoms with Crippen LogP contribution in [0.4, 0.5) is 11.4 Å². The van der Waals surface area contributed by atoms with E-state index in [0.717, 1.165) is 39.7 Å². The van der Waals surface area contributed by atoms with E-state index in [4.69, 9.17) is 10.5 Å². The molecule has 1 aromatic heterocycles. The van der Waals surface area contributed by atoms with Crippen molar-refractivity contribution < 1.29 is 4.74 Å². The number of ether oxygens (including phenoxy) is 1. The molecule has 1 fully saturated rings. The molecule has 0 amide bonds. The van der Waals surface area contributed by atoms with Crippen molar-refractivity contribution in [3.63, 3.8) is 0 Å². The minimum absolute atomic E-state index is 0.156. The molecule has 0 bridgehead atoms. The summed E-state index contributed by atoms with van der Waals surface area (Å²) in [5.74, 6) is 0. The number of hydrogen-bond acceptors (Lipinski definition) is 5. The van der Waals surface area contributed by atoms with Gasteiger partial charge in [0.15, 0.2) is 0 Å². The van der Waals surface area contributed by atoms with Crippen molar-refractivity contribution in [3.8, 4) is 0 Å². The SMILES string of the molecule is Cc1nc2cc(N3CC(C)OC(C)(C)C3)c(N)cc2s1. The Hall–Kier alpha value is -1.33. The Kier molecular flexibility index (Phi) is 3.14. The lowest BCUT2D eigenvalue weighted by Gasteiger charge is -2.43. The molecular formula is C15H21N3OS. The maximum Gasteiger partial charge on any atom is 0.0907 e. The Morgan fingerprint density at radius 1 is 1.45 bits per heavy atom. The zero-order valence-electron chi connectivity index (χ0n) is 12.4. The Morgan fingerprint density at radius 2 is 2.20 bits per heavy atom. The number of fused-ring (bicyclic) bond motifs is 1. The highest BCUT2D eigenvalue weighted by molar-refractivity contribution is 7.18. The second kappa shape index (κ2) is 4.60. The van der Waals surface area contributed by atoms with Crippen LogP contribution in [0.15, 0.2) is 12.1 Å². The Bertz CT molecular complexity index is 650. The van der Waals surface area contributed by atoms with Gasteiger partial charge in [0.05, 0.1) is 38.3 Å². The predicted octanol–water partition coefficient (Wildman–Crippen LogP) is 3.19. The molecular weight excluding hydrogens is 270 g/mol. The van der Waals surface area contributed by atoms with Gasteiger partial charge in [-0.1, -0.05) is 0 Å². The van der Waals surface area contributed by atoms with E-state index < -0.39 is 0 Å². The first-order chi connectivity index (χ1) is 9.34. The summed E-state index contributed by atoms with van der Waals surface area (Å²) in [6, 6.07) is 4.16. The van der Waals surface area contributed by atoms with Crippen molar-refractivity contribution in [1.29, 1.82) is 0 Å². The maximum absolute atomic E-state index is 6.26. The maximum atomic E-state index is 6.26. The van der Waals surface area contributed by atoms with Crippen LogP contribution in [-0.2, 0) is 4.74 Å². The van der Waals surface area contributed by atoms with Gasteiger partial charge < -0.3 is 15.4 Å². The molecule has 5 heteroatoms. The highest BCUT2D eigenvalue weighted by Gasteiger charge is 2.32. The average molecular weight is 291 g/mol. The highest BCUT2D eigenvalue weighted by atomic mass is 32.1. The lowest BCUT2D eigenvalue weighted by atomic mass is 10.0. The van der Waals surface area contributed by atoms with Gasteiger partial charge in [0.1, 0.15) is 0 Å². The average Bonchev–Trinajstić information content (AvgIpc) is 2.64. The van der Waals surface area contributed by atoms with Gasteiger partial charge in [-0.2, -0.15) is 0 Å². The van der Waals surface area contributed by atoms with Crippen molar-refractivity contribution in [2.45, 2.75) is 39.4 Å². The standard InChI is InChI=1S/C15H21N3OS/c1-9-7-18(8-15(3,4)19-9)13-6-12-14(5-11(13)16)20-10(2)17-12/h5-6,9H,7-8,16H2,1-4H3. The molecule has 1 atom stereocenters. The molecule has 2 N–H and O–H groups in total. The number of hydrogen-bond donors (Lipinski definition) is 1. The van der Waals surface area contributed by atoms with Crippen molar-refractivity contribution in [2.75, 3.05) is 23.7 Å². The Balaban J connectivity index is 2.02. The first-order valence-electron chi connectivity index (χ1n) is 6.93. The van der Waals surface area contributed by atoms with Gasteiger partial charge >= 0.3 is 0 Å². The van der Waals surface area contributed by atoms with Gasteiger partial charge in [-0.15, -0.1) is 11.3 Å². The van der Waals surface area contributed by atoms with Crippen LogP contribution in [0.25, 0.3) is 10.2 Å². The molecule has 0 aliphatic carbocycles. The number of nitrogen functional groups attached to an aromatic ring is 1. The third-order valence-corrected chi connectivity index (χ3v) is 4.49. The second-order valence-electron chi connectivity index (χ2n) is 6.18. The number of benzene rings is 1. The van der Waals surface area contributed by atoms with Crippen LogP contribution >= 0.6 is 11.3 Å². The van der Waals surface area contributed by atoms with Crippen molar-refractivity contribution >= 4 is 32.9 Å². The normalized spacial score (nSPS) is 22.4. The largest absolute Gasteiger partial charge is 0.397 e. The lowest BCUT2D eigenvalue weighted by molar-refractivity contribution is -0.0749. The monoisotopic (exact) mass is 291 g/mol. The fourth-order valence-electron chi connectivity index (χ4n) is 3.00. The van der Waals surface area contributed by atoms with E-state index >= 15 is 0 Å². The second-order valence-corrected chi connectivity index (χ2v) is 7.42. The van der Waals surface area contributed by atoms with Gasteiger partial charge in [0.25, 0.3) is 0 Å². The number of thiazole rings is 1. The first-order valence-corrected chi connectivity index (χ1v) is 7.75. The van der Waals surface area contributed by atoms with E-state index in [1.807, 2.05) is 13.0 Å². The molecule has 20 heavy (non-hydrogen) atoms. The van der Waals surface area contributed by atoms with Crippen LogP contribution < -0.4 is 10.6 Å². The Morgan fingerprint density at radius 3 is 2.90 bits per heavy atom. The van der Waals surface area contributed by atoms with E-state index in [0.29, 0.717) is 0 Å². The topological polar surface area (TPSA) is 51.4 Å². The van der Waals surface area contributed by atoms with Crippen LogP contribution in [0.1, 0.15) is 25.8 Å². The molecule has 1 aromatic carbocycles. The van der Waals surface area contributed by atoms with Crippen molar-refractivity contribution in [1.82, 2.24) is 4.98 Å². The van der Waals surface area contributed by atoms with Crippen LogP contribution in [0.2, 0.25) is 0 Å². The molecule has 3 rings (SSSR count). The van der Waals surface area contributed by atoms with E-state index in [9.17, 15) is 0 Å². The van der Waals surface area contributed by atoms with Crippen LogP contribution in [0, 0.1) is 6.92 Å². The minimum atomic E-state index is -0.156. The third-order valence-electron chi connectivity index (χ3n) is 3.55. The first kappa shape index (κ1) is 13.6. The van der Waals surface area contributed by atoms with Gasteiger partial charge in [0.2, 0.25) is 0 Å². The molecule has 2 aromatic rings. The molecule has 1 aliphatic heterocycles. The number of aromatic nitrogens is 1. The number of rotatable bonds is 1. The van der Waals surface area contributed by atoms with E-state index in [2.05, 4.69) is 36.7 Å². The summed E-state index contributed by atoms with van der Waals surface area (Å²) in [5, 5.41) is 1.08. The summed E-state index contributed by atoms with van der Waals surface area (Å²) in [6.07, 6.45) is 0.200. The molecule has 0 spiro atoms.